The maximum Gasteiger partial charge on any atom is 1.00 e. The topological polar surface area (TPSA) is 165 Å². The van der Waals surface area contributed by atoms with Crippen molar-refractivity contribution in [2.45, 2.75) is 16.7 Å². The summed E-state index contributed by atoms with van der Waals surface area (Å²) in [5.74, 6) is -0.501. The van der Waals surface area contributed by atoms with Crippen molar-refractivity contribution in [2.24, 2.45) is 0 Å². The molecule has 2 aromatic carbocycles. The predicted molar refractivity (Wildman–Crippen MR) is 97.6 cm³/mol. The van der Waals surface area contributed by atoms with Gasteiger partial charge >= 0.3 is 59.1 Å². The molecule has 0 aromatic heterocycles. The molecule has 2 aromatic rings. The smallest absolute Gasteiger partial charge is 0.744 e. The molecular weight excluding hydrogens is 458 g/mol. The quantitative estimate of drug-likeness (QED) is 0.227. The van der Waals surface area contributed by atoms with Crippen LogP contribution in [0.2, 0.25) is 0 Å². The number of methoxy groups -OCH3 is 1. The molecule has 0 aliphatic heterocycles. The van der Waals surface area contributed by atoms with E-state index in [9.17, 15) is 30.7 Å². The Kier molecular flexibility index (Phi) is 11.7. The fourth-order valence-corrected chi connectivity index (χ4v) is 3.89. The molecule has 152 valence electrons. The Morgan fingerprint density at radius 2 is 1.33 bits per heavy atom. The van der Waals surface area contributed by atoms with Crippen molar-refractivity contribution in [2.75, 3.05) is 24.5 Å². The molecule has 0 radical (unpaired) electrons. The third kappa shape index (κ3) is 7.88. The van der Waals surface area contributed by atoms with Crippen LogP contribution in [0.1, 0.15) is 6.92 Å². The van der Waals surface area contributed by atoms with Gasteiger partial charge in [0.1, 0.15) is 27.0 Å². The van der Waals surface area contributed by atoms with E-state index in [0.717, 1.165) is 18.2 Å². The van der Waals surface area contributed by atoms with Crippen molar-refractivity contribution in [3.63, 3.8) is 0 Å². The Morgan fingerprint density at radius 3 is 1.73 bits per heavy atom. The summed E-state index contributed by atoms with van der Waals surface area (Å²) in [6.45, 7) is 1.22. The molecule has 0 bridgehead atoms. The monoisotopic (exact) mass is 474 g/mol. The maximum absolute atomic E-state index is 11.7. The number of carbonyl (C=O) groups is 1. The zero-order valence-electron chi connectivity index (χ0n) is 16.8. The second-order valence-corrected chi connectivity index (χ2v) is 8.32. The van der Waals surface area contributed by atoms with Gasteiger partial charge in [0.2, 0.25) is 5.91 Å². The Morgan fingerprint density at radius 1 is 0.900 bits per heavy atom. The van der Waals surface area contributed by atoms with Gasteiger partial charge in [-0.25, -0.2) is 16.8 Å². The second kappa shape index (κ2) is 11.9. The summed E-state index contributed by atoms with van der Waals surface area (Å²) in [4.78, 5) is 9.67. The number of hydrogen-bond donors (Lipinski definition) is 2. The van der Waals surface area contributed by atoms with E-state index < -0.39 is 35.9 Å². The first-order chi connectivity index (χ1) is 12.9. The van der Waals surface area contributed by atoms with Gasteiger partial charge in [-0.1, -0.05) is 12.1 Å². The molecule has 0 aliphatic carbocycles. The molecule has 0 heterocycles. The normalized spacial score (nSPS) is 11.1. The van der Waals surface area contributed by atoms with E-state index >= 15 is 0 Å². The van der Waals surface area contributed by atoms with Gasteiger partial charge in [0.25, 0.3) is 0 Å². The van der Waals surface area contributed by atoms with Crippen molar-refractivity contribution >= 4 is 37.5 Å². The number of rotatable bonds is 7. The fourth-order valence-electron chi connectivity index (χ4n) is 2.45. The third-order valence-corrected chi connectivity index (χ3v) is 5.29. The van der Waals surface area contributed by atoms with E-state index in [1.165, 1.54) is 32.2 Å². The predicted octanol–water partition coefficient (Wildman–Crippen LogP) is -4.86. The SMILES string of the molecule is COCNc1ccc(-c2ccc(NC(C)=O)cc2S(=O)(=O)[O-])c(S(=O)(=O)[O-])c1.[Na+].[Na+]. The minimum Gasteiger partial charge on any atom is -0.744 e. The molecule has 1 amide bonds. The molecule has 10 nitrogen and oxygen atoms in total. The molecular formula is C16H16N2Na2O8S2. The minimum absolute atomic E-state index is 0. The second-order valence-electron chi connectivity index (χ2n) is 5.62. The van der Waals surface area contributed by atoms with Gasteiger partial charge in [-0.05, 0) is 24.3 Å². The average molecular weight is 474 g/mol. The molecule has 14 heteroatoms. The summed E-state index contributed by atoms with van der Waals surface area (Å²) in [7, 11) is -8.68. The fraction of sp³-hybridized carbons (Fsp3) is 0.188. The number of ether oxygens (including phenoxy) is 1. The minimum atomic E-state index is -5.06. The number of carbonyl (C=O) groups excluding carboxylic acids is 1. The molecule has 0 aliphatic rings. The zero-order chi connectivity index (χ0) is 21.1. The van der Waals surface area contributed by atoms with Gasteiger partial charge in [0.15, 0.2) is 0 Å². The summed E-state index contributed by atoms with van der Waals surface area (Å²) in [5.41, 5.74) is -0.282. The first kappa shape index (κ1) is 29.5. The van der Waals surface area contributed by atoms with Crippen molar-refractivity contribution in [3.8, 4) is 11.1 Å². The summed E-state index contributed by atoms with van der Waals surface area (Å²) in [5, 5.41) is 5.03. The standard InChI is InChI=1S/C16H18N2O8S2.2Na/c1-10(19)18-12-4-6-14(16(8-12)28(23,24)25)13-5-3-11(17-9-26-2)7-15(13)27(20,21)22;;/h3-8,17H,9H2,1-2H3,(H,18,19)(H,20,21,22)(H,23,24,25);;/q;2*+1/p-2. The van der Waals surface area contributed by atoms with Gasteiger partial charge in [0, 0.05) is 36.5 Å². The van der Waals surface area contributed by atoms with Crippen LogP contribution in [0.15, 0.2) is 46.2 Å². The Bertz CT molecular complexity index is 1120. The van der Waals surface area contributed by atoms with Crippen LogP contribution in [-0.4, -0.2) is 45.7 Å². The molecule has 0 atom stereocenters. The Labute approximate surface area is 218 Å². The Balaban J connectivity index is 0.00000420. The summed E-state index contributed by atoms with van der Waals surface area (Å²) >= 11 is 0. The van der Waals surface area contributed by atoms with Crippen LogP contribution in [0.5, 0.6) is 0 Å². The number of hydrogen-bond acceptors (Lipinski definition) is 9. The molecule has 0 saturated carbocycles. The summed E-state index contributed by atoms with van der Waals surface area (Å²) in [6, 6.07) is 6.93. The molecule has 0 unspecified atom stereocenters. The number of anilines is 2. The van der Waals surface area contributed by atoms with Crippen LogP contribution in [0.4, 0.5) is 11.4 Å². The third-order valence-electron chi connectivity index (χ3n) is 3.53. The van der Waals surface area contributed by atoms with Gasteiger partial charge in [-0.15, -0.1) is 0 Å². The number of benzene rings is 2. The molecule has 2 rings (SSSR count). The van der Waals surface area contributed by atoms with Gasteiger partial charge in [0.05, 0.1) is 9.79 Å². The van der Waals surface area contributed by atoms with Crippen LogP contribution in [-0.2, 0) is 29.8 Å². The zero-order valence-corrected chi connectivity index (χ0v) is 22.4. The van der Waals surface area contributed by atoms with Gasteiger partial charge in [-0.3, -0.25) is 4.79 Å². The maximum atomic E-state index is 11.7. The number of amides is 1. The van der Waals surface area contributed by atoms with Crippen LogP contribution in [0.3, 0.4) is 0 Å². The van der Waals surface area contributed by atoms with Crippen LogP contribution < -0.4 is 69.7 Å². The Hall–Kier alpha value is -0.510. The van der Waals surface area contributed by atoms with E-state index in [0.29, 0.717) is 0 Å². The molecule has 2 N–H and O–H groups in total. The van der Waals surface area contributed by atoms with E-state index in [1.807, 2.05) is 0 Å². The van der Waals surface area contributed by atoms with Crippen LogP contribution in [0.25, 0.3) is 11.1 Å². The first-order valence-electron chi connectivity index (χ1n) is 7.64. The summed E-state index contributed by atoms with van der Waals surface area (Å²) < 4.78 is 75.1. The van der Waals surface area contributed by atoms with Gasteiger partial charge in [-0.2, -0.15) is 0 Å². The molecule has 0 spiro atoms. The molecule has 30 heavy (non-hydrogen) atoms. The molecule has 0 fully saturated rings. The molecule has 0 saturated heterocycles. The number of nitrogens with one attached hydrogen (secondary N) is 2. The van der Waals surface area contributed by atoms with Crippen LogP contribution in [0, 0.1) is 0 Å². The average Bonchev–Trinajstić information content (AvgIpc) is 2.58. The van der Waals surface area contributed by atoms with Crippen molar-refractivity contribution < 1.29 is 94.6 Å². The van der Waals surface area contributed by atoms with Crippen molar-refractivity contribution in [3.05, 3.63) is 36.4 Å². The van der Waals surface area contributed by atoms with E-state index in [-0.39, 0.29) is 88.3 Å². The van der Waals surface area contributed by atoms with E-state index in [2.05, 4.69) is 10.6 Å². The van der Waals surface area contributed by atoms with Crippen LogP contribution >= 0.6 is 0 Å². The van der Waals surface area contributed by atoms with Crippen molar-refractivity contribution in [1.29, 1.82) is 0 Å². The van der Waals surface area contributed by atoms with E-state index in [4.69, 9.17) is 4.74 Å². The summed E-state index contributed by atoms with van der Waals surface area (Å²) in [6.07, 6.45) is 0. The van der Waals surface area contributed by atoms with E-state index in [1.54, 1.807) is 0 Å². The van der Waals surface area contributed by atoms with Gasteiger partial charge < -0.3 is 24.5 Å². The first-order valence-corrected chi connectivity index (χ1v) is 10.5. The largest absolute Gasteiger partial charge is 1.00 e. The van der Waals surface area contributed by atoms with Crippen molar-refractivity contribution in [1.82, 2.24) is 0 Å².